The van der Waals surface area contributed by atoms with E-state index in [1.54, 1.807) is 12.1 Å². The third-order valence-corrected chi connectivity index (χ3v) is 3.41. The molecule has 1 saturated carbocycles. The van der Waals surface area contributed by atoms with E-state index in [1.165, 1.54) is 7.11 Å². The van der Waals surface area contributed by atoms with Crippen LogP contribution in [-0.4, -0.2) is 19.0 Å². The molecule has 1 fully saturated rings. The summed E-state index contributed by atoms with van der Waals surface area (Å²) in [5.41, 5.74) is 0.424. The van der Waals surface area contributed by atoms with Crippen LogP contribution in [0.4, 0.5) is 0 Å². The normalized spacial score (nSPS) is 15.9. The Morgan fingerprint density at radius 3 is 2.63 bits per heavy atom. The SMILES string of the molecule is COc1cc(C#N)cc(Cl)c1OC1CCC(=O)CC1. The Bertz CT molecular complexity index is 526. The molecule has 1 aromatic carbocycles. The summed E-state index contributed by atoms with van der Waals surface area (Å²) < 4.78 is 11.0. The molecular formula is C14H14ClNO3. The zero-order valence-corrected chi connectivity index (χ0v) is 11.4. The average molecular weight is 280 g/mol. The number of halogens is 1. The van der Waals surface area contributed by atoms with E-state index >= 15 is 0 Å². The number of Topliss-reactive ketones (excluding diaryl/α,β-unsaturated/α-hetero) is 1. The molecule has 1 aromatic rings. The van der Waals surface area contributed by atoms with Crippen molar-refractivity contribution in [1.82, 2.24) is 0 Å². The van der Waals surface area contributed by atoms with Gasteiger partial charge in [0.2, 0.25) is 0 Å². The fourth-order valence-electron chi connectivity index (χ4n) is 2.10. The number of nitrogens with zero attached hydrogens (tertiary/aromatic N) is 1. The highest BCUT2D eigenvalue weighted by atomic mass is 35.5. The van der Waals surface area contributed by atoms with Crippen LogP contribution in [0.25, 0.3) is 0 Å². The lowest BCUT2D eigenvalue weighted by Gasteiger charge is -2.24. The van der Waals surface area contributed by atoms with Gasteiger partial charge in [0.1, 0.15) is 5.78 Å². The first-order valence-corrected chi connectivity index (χ1v) is 6.48. The summed E-state index contributed by atoms with van der Waals surface area (Å²) >= 11 is 6.12. The second-order valence-corrected chi connectivity index (χ2v) is 4.86. The van der Waals surface area contributed by atoms with Gasteiger partial charge in [0.05, 0.1) is 29.9 Å². The summed E-state index contributed by atoms with van der Waals surface area (Å²) in [6, 6.07) is 5.16. The molecule has 0 unspecified atom stereocenters. The molecule has 2 rings (SSSR count). The van der Waals surface area contributed by atoms with Gasteiger partial charge in [-0.25, -0.2) is 0 Å². The molecule has 0 atom stereocenters. The van der Waals surface area contributed by atoms with Gasteiger partial charge in [0, 0.05) is 18.9 Å². The maximum Gasteiger partial charge on any atom is 0.180 e. The van der Waals surface area contributed by atoms with Crippen molar-refractivity contribution in [3.8, 4) is 17.6 Å². The van der Waals surface area contributed by atoms with Gasteiger partial charge in [-0.2, -0.15) is 5.26 Å². The molecule has 1 aliphatic rings. The largest absolute Gasteiger partial charge is 0.493 e. The number of rotatable bonds is 3. The van der Waals surface area contributed by atoms with Crippen molar-refractivity contribution in [3.63, 3.8) is 0 Å². The lowest BCUT2D eigenvalue weighted by atomic mass is 9.96. The van der Waals surface area contributed by atoms with E-state index in [-0.39, 0.29) is 11.9 Å². The molecule has 0 spiro atoms. The van der Waals surface area contributed by atoms with Crippen LogP contribution in [0.3, 0.4) is 0 Å². The van der Waals surface area contributed by atoms with Crippen molar-refractivity contribution < 1.29 is 14.3 Å². The molecule has 1 aliphatic carbocycles. The standard InChI is InChI=1S/C14H14ClNO3/c1-18-13-7-9(8-16)6-12(15)14(13)19-11-4-2-10(17)3-5-11/h6-7,11H,2-5H2,1H3. The molecule has 0 bridgehead atoms. The monoisotopic (exact) mass is 279 g/mol. The smallest absolute Gasteiger partial charge is 0.180 e. The molecule has 5 heteroatoms. The summed E-state index contributed by atoms with van der Waals surface area (Å²) in [5.74, 6) is 1.17. The summed E-state index contributed by atoms with van der Waals surface area (Å²) in [5, 5.41) is 9.24. The predicted octanol–water partition coefficient (Wildman–Crippen LogP) is 3.11. The number of hydrogen-bond donors (Lipinski definition) is 0. The Morgan fingerprint density at radius 1 is 1.37 bits per heavy atom. The van der Waals surface area contributed by atoms with E-state index in [0.29, 0.717) is 47.8 Å². The second-order valence-electron chi connectivity index (χ2n) is 4.46. The minimum absolute atomic E-state index is 0.0305. The van der Waals surface area contributed by atoms with Crippen molar-refractivity contribution in [2.75, 3.05) is 7.11 Å². The van der Waals surface area contributed by atoms with Crippen LogP contribution < -0.4 is 9.47 Å². The number of nitriles is 1. The van der Waals surface area contributed by atoms with Gasteiger partial charge in [-0.15, -0.1) is 0 Å². The fraction of sp³-hybridized carbons (Fsp3) is 0.429. The van der Waals surface area contributed by atoms with E-state index in [0.717, 1.165) is 0 Å². The summed E-state index contributed by atoms with van der Waals surface area (Å²) in [4.78, 5) is 11.2. The van der Waals surface area contributed by atoms with E-state index in [9.17, 15) is 4.79 Å². The Morgan fingerprint density at radius 2 is 2.05 bits per heavy atom. The molecule has 0 N–H and O–H groups in total. The van der Waals surface area contributed by atoms with Crippen LogP contribution in [0.2, 0.25) is 5.02 Å². The lowest BCUT2D eigenvalue weighted by molar-refractivity contribution is -0.121. The molecule has 0 saturated heterocycles. The third kappa shape index (κ3) is 3.18. The lowest BCUT2D eigenvalue weighted by Crippen LogP contribution is -2.24. The quantitative estimate of drug-likeness (QED) is 0.853. The van der Waals surface area contributed by atoms with Gasteiger partial charge in [0.15, 0.2) is 11.5 Å². The number of carbonyl (C=O) groups excluding carboxylic acids is 1. The van der Waals surface area contributed by atoms with Crippen LogP contribution in [0.1, 0.15) is 31.2 Å². The van der Waals surface area contributed by atoms with Gasteiger partial charge >= 0.3 is 0 Å². The van der Waals surface area contributed by atoms with Crippen molar-refractivity contribution in [1.29, 1.82) is 5.26 Å². The maximum absolute atomic E-state index is 11.2. The summed E-state index contributed by atoms with van der Waals surface area (Å²) in [6.07, 6.45) is 2.44. The van der Waals surface area contributed by atoms with Crippen molar-refractivity contribution >= 4 is 17.4 Å². The van der Waals surface area contributed by atoms with Crippen LogP contribution in [0, 0.1) is 11.3 Å². The van der Waals surface area contributed by atoms with E-state index in [4.69, 9.17) is 26.3 Å². The number of ketones is 1. The van der Waals surface area contributed by atoms with Crippen LogP contribution in [0.5, 0.6) is 11.5 Å². The van der Waals surface area contributed by atoms with Crippen molar-refractivity contribution in [2.45, 2.75) is 31.8 Å². The van der Waals surface area contributed by atoms with Crippen LogP contribution in [-0.2, 0) is 4.79 Å². The summed E-state index contributed by atoms with van der Waals surface area (Å²) in [7, 11) is 1.50. The number of methoxy groups -OCH3 is 1. The average Bonchev–Trinajstić information content (AvgIpc) is 2.43. The van der Waals surface area contributed by atoms with Gasteiger partial charge in [-0.1, -0.05) is 11.6 Å². The number of hydrogen-bond acceptors (Lipinski definition) is 4. The molecule has 0 aliphatic heterocycles. The van der Waals surface area contributed by atoms with E-state index in [1.807, 2.05) is 6.07 Å². The van der Waals surface area contributed by atoms with Crippen molar-refractivity contribution in [3.05, 3.63) is 22.7 Å². The van der Waals surface area contributed by atoms with E-state index in [2.05, 4.69) is 0 Å². The Balaban J connectivity index is 2.20. The molecule has 0 heterocycles. The molecule has 0 radical (unpaired) electrons. The Hall–Kier alpha value is -1.73. The predicted molar refractivity (Wildman–Crippen MR) is 70.6 cm³/mol. The molecule has 0 amide bonds. The fourth-order valence-corrected chi connectivity index (χ4v) is 2.35. The Kier molecular flexibility index (Phi) is 4.28. The first kappa shape index (κ1) is 13.7. The van der Waals surface area contributed by atoms with Gasteiger partial charge in [0.25, 0.3) is 0 Å². The zero-order chi connectivity index (χ0) is 13.8. The number of benzene rings is 1. The zero-order valence-electron chi connectivity index (χ0n) is 10.6. The first-order chi connectivity index (χ1) is 9.13. The highest BCUT2D eigenvalue weighted by Crippen LogP contribution is 2.38. The maximum atomic E-state index is 11.2. The first-order valence-electron chi connectivity index (χ1n) is 6.10. The molecule has 19 heavy (non-hydrogen) atoms. The van der Waals surface area contributed by atoms with Crippen molar-refractivity contribution in [2.24, 2.45) is 0 Å². The summed E-state index contributed by atoms with van der Waals surface area (Å²) in [6.45, 7) is 0. The second kappa shape index (κ2) is 5.94. The molecule has 100 valence electrons. The molecule has 4 nitrogen and oxygen atoms in total. The van der Waals surface area contributed by atoms with Crippen LogP contribution in [0.15, 0.2) is 12.1 Å². The Labute approximate surface area is 116 Å². The van der Waals surface area contributed by atoms with E-state index < -0.39 is 0 Å². The minimum atomic E-state index is -0.0305. The molecular weight excluding hydrogens is 266 g/mol. The van der Waals surface area contributed by atoms with Gasteiger partial charge in [-0.3, -0.25) is 4.79 Å². The molecule has 0 aromatic heterocycles. The third-order valence-electron chi connectivity index (χ3n) is 3.13. The number of ether oxygens (including phenoxy) is 2. The van der Waals surface area contributed by atoms with Gasteiger partial charge < -0.3 is 9.47 Å². The number of carbonyl (C=O) groups is 1. The highest BCUT2D eigenvalue weighted by Gasteiger charge is 2.22. The van der Waals surface area contributed by atoms with Crippen LogP contribution >= 0.6 is 11.6 Å². The minimum Gasteiger partial charge on any atom is -0.493 e. The highest BCUT2D eigenvalue weighted by molar-refractivity contribution is 6.32. The topological polar surface area (TPSA) is 59.3 Å². The van der Waals surface area contributed by atoms with Gasteiger partial charge in [-0.05, 0) is 18.9 Å².